The maximum absolute atomic E-state index is 10.7. The number of hydrogen-bond donors (Lipinski definition) is 3. The molecule has 2 aromatic heterocycles. The van der Waals surface area contributed by atoms with Gasteiger partial charge in [0, 0.05) is 18.8 Å². The van der Waals surface area contributed by atoms with Crippen molar-refractivity contribution >= 4 is 5.96 Å². The van der Waals surface area contributed by atoms with Crippen LogP contribution in [0.4, 0.5) is 0 Å². The Labute approximate surface area is 166 Å². The van der Waals surface area contributed by atoms with Crippen molar-refractivity contribution in [1.82, 2.24) is 15.6 Å². The van der Waals surface area contributed by atoms with Gasteiger partial charge in [0.15, 0.2) is 5.96 Å². The number of aliphatic imine (C=N–C) groups is 1. The zero-order valence-electron chi connectivity index (χ0n) is 16.9. The highest BCUT2D eigenvalue weighted by Gasteiger charge is 2.27. The lowest BCUT2D eigenvalue weighted by atomic mass is 10.0. The average molecular weight is 386 g/mol. The molecule has 1 aliphatic rings. The highest BCUT2D eigenvalue weighted by Crippen LogP contribution is 2.29. The van der Waals surface area contributed by atoms with Gasteiger partial charge in [0.05, 0.1) is 19.7 Å². The van der Waals surface area contributed by atoms with Crippen molar-refractivity contribution in [3.63, 3.8) is 0 Å². The molecule has 7 heteroatoms. The van der Waals surface area contributed by atoms with Crippen molar-refractivity contribution < 1.29 is 14.3 Å². The van der Waals surface area contributed by atoms with E-state index in [1.54, 1.807) is 19.2 Å². The molecular formula is C21H30N4O3. The monoisotopic (exact) mass is 386 g/mol. The van der Waals surface area contributed by atoms with Gasteiger partial charge in [-0.25, -0.2) is 9.98 Å². The molecule has 3 rings (SSSR count). The number of pyridine rings is 1. The van der Waals surface area contributed by atoms with Gasteiger partial charge in [-0.15, -0.1) is 0 Å². The standard InChI is InChI=1S/C21H30N4O3/c1-4-22-20(25-14-21(3,26)18-9-5-15(2)28-18)24-12-17-8-10-19(23-11-17)27-13-16-6-7-16/h5,8-11,16,26H,4,6-7,12-14H2,1-3H3,(H2,22,24,25). The minimum atomic E-state index is -1.13. The van der Waals surface area contributed by atoms with E-state index in [4.69, 9.17) is 9.15 Å². The van der Waals surface area contributed by atoms with Gasteiger partial charge in [-0.1, -0.05) is 6.07 Å². The molecule has 0 amide bonds. The third-order valence-electron chi connectivity index (χ3n) is 4.60. The highest BCUT2D eigenvalue weighted by molar-refractivity contribution is 5.79. The molecule has 1 unspecified atom stereocenters. The van der Waals surface area contributed by atoms with Crippen LogP contribution in [0.3, 0.4) is 0 Å². The normalized spacial score (nSPS) is 16.5. The lowest BCUT2D eigenvalue weighted by molar-refractivity contribution is 0.0378. The summed E-state index contributed by atoms with van der Waals surface area (Å²) in [6.45, 7) is 7.80. The van der Waals surface area contributed by atoms with Crippen molar-refractivity contribution in [3.8, 4) is 5.88 Å². The highest BCUT2D eigenvalue weighted by atomic mass is 16.5. The maximum atomic E-state index is 10.7. The molecule has 0 saturated heterocycles. The molecule has 0 aromatic carbocycles. The first-order valence-electron chi connectivity index (χ1n) is 9.85. The number of nitrogens with one attached hydrogen (secondary N) is 2. The second kappa shape index (κ2) is 9.10. The van der Waals surface area contributed by atoms with Gasteiger partial charge < -0.3 is 24.9 Å². The molecule has 1 saturated carbocycles. The molecule has 152 valence electrons. The summed E-state index contributed by atoms with van der Waals surface area (Å²) in [5.74, 6) is 3.30. The minimum Gasteiger partial charge on any atom is -0.477 e. The van der Waals surface area contributed by atoms with Crippen LogP contribution in [0.1, 0.15) is 43.8 Å². The summed E-state index contributed by atoms with van der Waals surface area (Å²) in [5, 5.41) is 17.0. The van der Waals surface area contributed by atoms with E-state index < -0.39 is 5.60 Å². The van der Waals surface area contributed by atoms with Crippen LogP contribution in [0.15, 0.2) is 39.9 Å². The first kappa shape index (κ1) is 20.2. The molecule has 7 nitrogen and oxygen atoms in total. The molecule has 2 aromatic rings. The van der Waals surface area contributed by atoms with Crippen LogP contribution in [0.25, 0.3) is 0 Å². The van der Waals surface area contributed by atoms with Crippen LogP contribution in [0.2, 0.25) is 0 Å². The van der Waals surface area contributed by atoms with E-state index in [2.05, 4.69) is 20.6 Å². The Balaban J connectivity index is 1.54. The van der Waals surface area contributed by atoms with E-state index in [9.17, 15) is 5.11 Å². The van der Waals surface area contributed by atoms with Crippen LogP contribution < -0.4 is 15.4 Å². The fourth-order valence-electron chi connectivity index (χ4n) is 2.66. The largest absolute Gasteiger partial charge is 0.477 e. The number of aromatic nitrogens is 1. The number of furan rings is 1. The molecule has 0 bridgehead atoms. The fourth-order valence-corrected chi connectivity index (χ4v) is 2.66. The predicted molar refractivity (Wildman–Crippen MR) is 108 cm³/mol. The first-order valence-corrected chi connectivity index (χ1v) is 9.85. The van der Waals surface area contributed by atoms with Crippen molar-refractivity contribution in [2.24, 2.45) is 10.9 Å². The van der Waals surface area contributed by atoms with Gasteiger partial charge in [-0.05, 0) is 57.2 Å². The summed E-state index contributed by atoms with van der Waals surface area (Å²) in [6, 6.07) is 7.50. The average Bonchev–Trinajstić information content (AvgIpc) is 3.41. The zero-order chi connectivity index (χ0) is 20.0. The fraction of sp³-hybridized carbons (Fsp3) is 0.524. The van der Waals surface area contributed by atoms with Crippen molar-refractivity contribution in [2.45, 2.75) is 45.8 Å². The van der Waals surface area contributed by atoms with Crippen LogP contribution in [0.5, 0.6) is 5.88 Å². The Bertz CT molecular complexity index is 779. The molecular weight excluding hydrogens is 356 g/mol. The van der Waals surface area contributed by atoms with E-state index >= 15 is 0 Å². The van der Waals surface area contributed by atoms with Crippen LogP contribution in [-0.2, 0) is 12.1 Å². The Morgan fingerprint density at radius 3 is 2.75 bits per heavy atom. The molecule has 28 heavy (non-hydrogen) atoms. The van der Waals surface area contributed by atoms with Crippen molar-refractivity contribution in [3.05, 3.63) is 47.5 Å². The van der Waals surface area contributed by atoms with E-state index in [0.29, 0.717) is 30.1 Å². The van der Waals surface area contributed by atoms with E-state index in [1.807, 2.05) is 32.0 Å². The Hall–Kier alpha value is -2.54. The van der Waals surface area contributed by atoms with E-state index in [0.717, 1.165) is 24.5 Å². The number of aliphatic hydroxyl groups is 1. The van der Waals surface area contributed by atoms with Gasteiger partial charge in [0.25, 0.3) is 0 Å². The lowest BCUT2D eigenvalue weighted by Crippen LogP contribution is -2.44. The number of ether oxygens (including phenoxy) is 1. The Morgan fingerprint density at radius 2 is 2.14 bits per heavy atom. The summed E-state index contributed by atoms with van der Waals surface area (Å²) in [5.41, 5.74) is -0.142. The Kier molecular flexibility index (Phi) is 6.57. The third kappa shape index (κ3) is 5.99. The summed E-state index contributed by atoms with van der Waals surface area (Å²) < 4.78 is 11.2. The van der Waals surface area contributed by atoms with Gasteiger partial charge in [-0.2, -0.15) is 0 Å². The summed E-state index contributed by atoms with van der Waals surface area (Å²) in [7, 11) is 0. The smallest absolute Gasteiger partial charge is 0.213 e. The molecule has 1 aliphatic carbocycles. The number of rotatable bonds is 9. The minimum absolute atomic E-state index is 0.276. The van der Waals surface area contributed by atoms with Crippen molar-refractivity contribution in [2.75, 3.05) is 19.7 Å². The number of aryl methyl sites for hydroxylation is 1. The second-order valence-corrected chi connectivity index (χ2v) is 7.49. The summed E-state index contributed by atoms with van der Waals surface area (Å²) in [6.07, 6.45) is 4.32. The quantitative estimate of drug-likeness (QED) is 0.453. The number of nitrogens with zero attached hydrogens (tertiary/aromatic N) is 2. The first-order chi connectivity index (χ1) is 13.5. The van der Waals surface area contributed by atoms with E-state index in [1.165, 1.54) is 12.8 Å². The lowest BCUT2D eigenvalue weighted by Gasteiger charge is -2.22. The number of hydrogen-bond acceptors (Lipinski definition) is 5. The van der Waals surface area contributed by atoms with Gasteiger partial charge in [0.2, 0.25) is 5.88 Å². The molecule has 2 heterocycles. The maximum Gasteiger partial charge on any atom is 0.213 e. The SMILES string of the molecule is CCNC(=NCc1ccc(OCC2CC2)nc1)NCC(C)(O)c1ccc(C)o1. The predicted octanol–water partition coefficient (Wildman–Crippen LogP) is 2.73. The van der Waals surface area contributed by atoms with E-state index in [-0.39, 0.29) is 6.54 Å². The zero-order valence-corrected chi connectivity index (χ0v) is 16.9. The van der Waals surface area contributed by atoms with Gasteiger partial charge in [-0.3, -0.25) is 0 Å². The molecule has 1 fully saturated rings. The molecule has 3 N–H and O–H groups in total. The van der Waals surface area contributed by atoms with Crippen LogP contribution in [-0.4, -0.2) is 35.7 Å². The molecule has 0 radical (unpaired) electrons. The molecule has 0 aliphatic heterocycles. The summed E-state index contributed by atoms with van der Waals surface area (Å²) in [4.78, 5) is 8.92. The van der Waals surface area contributed by atoms with Crippen LogP contribution in [0, 0.1) is 12.8 Å². The van der Waals surface area contributed by atoms with Gasteiger partial charge >= 0.3 is 0 Å². The number of guanidine groups is 1. The topological polar surface area (TPSA) is 91.9 Å². The van der Waals surface area contributed by atoms with Gasteiger partial charge in [0.1, 0.15) is 17.1 Å². The third-order valence-corrected chi connectivity index (χ3v) is 4.60. The van der Waals surface area contributed by atoms with Crippen LogP contribution >= 0.6 is 0 Å². The Morgan fingerprint density at radius 1 is 1.32 bits per heavy atom. The molecule has 0 spiro atoms. The van der Waals surface area contributed by atoms with Crippen molar-refractivity contribution in [1.29, 1.82) is 0 Å². The molecule has 1 atom stereocenters. The second-order valence-electron chi connectivity index (χ2n) is 7.49. The summed E-state index contributed by atoms with van der Waals surface area (Å²) >= 11 is 0.